The van der Waals surface area contributed by atoms with Gasteiger partial charge in [0.15, 0.2) is 5.78 Å². The van der Waals surface area contributed by atoms with Gasteiger partial charge in [0.05, 0.1) is 0 Å². The minimum Gasteiger partial charge on any atom is -0.591 e. The molecule has 0 aliphatic heterocycles. The minimum absolute atomic E-state index is 0.0420. The largest absolute Gasteiger partial charge is 0.591 e. The summed E-state index contributed by atoms with van der Waals surface area (Å²) in [6, 6.07) is 4.57. The van der Waals surface area contributed by atoms with Crippen LogP contribution in [-0.2, 0) is 4.79 Å². The maximum absolute atomic E-state index is 10.6. The average Bonchev–Trinajstić information content (AvgIpc) is 2.07. The van der Waals surface area contributed by atoms with Crippen molar-refractivity contribution >= 4 is 11.9 Å². The third kappa shape index (κ3) is 2.63. The number of benzene rings is 1. The molecular weight excluding hydrogens is 168 g/mol. The molecule has 0 aromatic heterocycles. The van der Waals surface area contributed by atoms with Gasteiger partial charge < -0.3 is 10.2 Å². The molecule has 1 aromatic carbocycles. The topological polar surface area (TPSA) is 60.2 Å². The van der Waals surface area contributed by atoms with Gasteiger partial charge in [-0.25, -0.2) is 0 Å². The molecule has 1 aromatic rings. The summed E-state index contributed by atoms with van der Waals surface area (Å²) in [7, 11) is 0. The van der Waals surface area contributed by atoms with Crippen molar-refractivity contribution in [2.45, 2.75) is 6.92 Å². The summed E-state index contributed by atoms with van der Waals surface area (Å²) in [5.74, 6) is -0.0368. The predicted octanol–water partition coefficient (Wildman–Crippen LogP) is 1.43. The number of hydrogen-bond acceptors (Lipinski definition) is 2. The predicted molar refractivity (Wildman–Crippen MR) is 50.9 cm³/mol. The Morgan fingerprint density at radius 3 is 2.77 bits per heavy atom. The summed E-state index contributed by atoms with van der Waals surface area (Å²) in [6.07, 6.45) is 3.03. The second-order valence-corrected chi connectivity index (χ2v) is 2.72. The molecule has 68 valence electrons. The van der Waals surface area contributed by atoms with Crippen LogP contribution in [0.4, 0.5) is 0 Å². The highest BCUT2D eigenvalue weighted by atomic mass is 16.3. The molecule has 0 atom stereocenters. The summed E-state index contributed by atoms with van der Waals surface area (Å²) >= 11 is 0. The molecule has 0 fully saturated rings. The van der Waals surface area contributed by atoms with Gasteiger partial charge in [-0.3, -0.25) is 4.79 Å². The zero-order valence-corrected chi connectivity index (χ0v) is 7.24. The Bertz CT molecular complexity index is 353. The van der Waals surface area contributed by atoms with E-state index in [9.17, 15) is 4.79 Å². The van der Waals surface area contributed by atoms with E-state index < -0.39 is 0 Å². The first-order valence-electron chi connectivity index (χ1n) is 3.83. The Hall–Kier alpha value is -1.77. The Kier molecular flexibility index (Phi) is 2.69. The van der Waals surface area contributed by atoms with Gasteiger partial charge in [0.2, 0.25) is 5.75 Å². The molecule has 0 bridgehead atoms. The zero-order chi connectivity index (χ0) is 9.84. The number of allylic oxidation sites excluding steroid dienone is 1. The summed E-state index contributed by atoms with van der Waals surface area (Å²) in [6.45, 7) is 1.46. The first-order chi connectivity index (χ1) is 6.09. The van der Waals surface area contributed by atoms with Gasteiger partial charge in [0, 0.05) is 6.07 Å². The zero-order valence-electron chi connectivity index (χ0n) is 7.24. The van der Waals surface area contributed by atoms with E-state index in [1.165, 1.54) is 25.1 Å². The van der Waals surface area contributed by atoms with E-state index in [4.69, 9.17) is 10.2 Å². The molecule has 0 radical (unpaired) electrons. The van der Waals surface area contributed by atoms with Crippen LogP contribution in [0.25, 0.3) is 6.08 Å². The van der Waals surface area contributed by atoms with E-state index in [1.54, 1.807) is 12.1 Å². The van der Waals surface area contributed by atoms with Crippen molar-refractivity contribution in [3.8, 4) is 11.5 Å². The molecule has 0 unspecified atom stereocenters. The normalized spacial score (nSPS) is 10.5. The fraction of sp³-hybridized carbons (Fsp3) is 0.100. The van der Waals surface area contributed by atoms with Crippen LogP contribution in [0, 0.1) is 0 Å². The average molecular weight is 179 g/mol. The van der Waals surface area contributed by atoms with E-state index in [-0.39, 0.29) is 17.3 Å². The Labute approximate surface area is 76.0 Å². The molecule has 0 saturated carbocycles. The lowest BCUT2D eigenvalue weighted by molar-refractivity contribution is -0.112. The number of phenolic OH excluding ortho intramolecular Hbond substituents is 1. The Balaban J connectivity index is 2.92. The van der Waals surface area contributed by atoms with Crippen LogP contribution in [-0.4, -0.2) is 16.0 Å². The van der Waals surface area contributed by atoms with Crippen LogP contribution in [0.15, 0.2) is 24.3 Å². The van der Waals surface area contributed by atoms with Crippen molar-refractivity contribution in [1.29, 1.82) is 0 Å². The quantitative estimate of drug-likeness (QED) is 0.551. The smallest absolute Gasteiger partial charge is 0.297 e. The SMILES string of the molecule is CC(=O)/C=C/c1ccc(O)c([OH2+])c1. The van der Waals surface area contributed by atoms with Crippen LogP contribution in [0.3, 0.4) is 0 Å². The van der Waals surface area contributed by atoms with Crippen LogP contribution >= 0.6 is 0 Å². The van der Waals surface area contributed by atoms with Crippen LogP contribution in [0.2, 0.25) is 0 Å². The number of aromatic hydroxyl groups is 1. The van der Waals surface area contributed by atoms with E-state index in [1.807, 2.05) is 0 Å². The summed E-state index contributed by atoms with van der Waals surface area (Å²) in [5.41, 5.74) is 0.734. The van der Waals surface area contributed by atoms with Gasteiger partial charge in [0.25, 0.3) is 5.75 Å². The third-order valence-corrected chi connectivity index (χ3v) is 1.53. The van der Waals surface area contributed by atoms with Crippen LogP contribution in [0.1, 0.15) is 12.5 Å². The molecule has 3 nitrogen and oxygen atoms in total. The summed E-state index contributed by atoms with van der Waals surface area (Å²) in [5, 5.41) is 16.3. The number of rotatable bonds is 2. The van der Waals surface area contributed by atoms with Gasteiger partial charge in [-0.15, -0.1) is 0 Å². The fourth-order valence-electron chi connectivity index (χ4n) is 0.871. The first kappa shape index (κ1) is 9.32. The van der Waals surface area contributed by atoms with Crippen LogP contribution in [0.5, 0.6) is 11.5 Å². The van der Waals surface area contributed by atoms with Crippen molar-refractivity contribution in [1.82, 2.24) is 0 Å². The second-order valence-electron chi connectivity index (χ2n) is 2.72. The number of ketones is 1. The molecule has 13 heavy (non-hydrogen) atoms. The molecular formula is C10H11O3+. The molecule has 0 aliphatic carbocycles. The lowest BCUT2D eigenvalue weighted by Gasteiger charge is -1.94. The fourth-order valence-corrected chi connectivity index (χ4v) is 0.871. The number of phenols is 1. The lowest BCUT2D eigenvalue weighted by Crippen LogP contribution is -1.80. The number of carbonyl (C=O) groups excluding carboxylic acids is 1. The molecule has 0 heterocycles. The van der Waals surface area contributed by atoms with Gasteiger partial charge in [0.1, 0.15) is 0 Å². The highest BCUT2D eigenvalue weighted by Gasteiger charge is 2.02. The first-order valence-corrected chi connectivity index (χ1v) is 3.83. The maximum atomic E-state index is 10.6. The molecule has 3 heteroatoms. The van der Waals surface area contributed by atoms with Crippen molar-refractivity contribution in [2.24, 2.45) is 0 Å². The highest BCUT2D eigenvalue weighted by Crippen LogP contribution is 2.25. The number of hydrogen-bond donors (Lipinski definition) is 1. The van der Waals surface area contributed by atoms with Gasteiger partial charge in [-0.05, 0) is 24.6 Å². The Morgan fingerprint density at radius 2 is 2.23 bits per heavy atom. The van der Waals surface area contributed by atoms with E-state index in [0.717, 1.165) is 5.56 Å². The van der Waals surface area contributed by atoms with Crippen molar-refractivity contribution < 1.29 is 15.0 Å². The molecule has 0 saturated heterocycles. The van der Waals surface area contributed by atoms with Gasteiger partial charge in [-0.2, -0.15) is 0 Å². The van der Waals surface area contributed by atoms with Gasteiger partial charge in [-0.1, -0.05) is 12.1 Å². The molecule has 0 aliphatic rings. The standard InChI is InChI=1S/C10H10O3/c1-7(11)2-3-8-4-5-9(12)10(13)6-8/h2-6,12-13H,1H3/p+1/b3-2+. The summed E-state index contributed by atoms with van der Waals surface area (Å²) in [4.78, 5) is 10.6. The van der Waals surface area contributed by atoms with Gasteiger partial charge >= 0.3 is 0 Å². The van der Waals surface area contributed by atoms with Crippen molar-refractivity contribution in [2.75, 3.05) is 0 Å². The van der Waals surface area contributed by atoms with Crippen molar-refractivity contribution in [3.63, 3.8) is 0 Å². The maximum Gasteiger partial charge on any atom is 0.297 e. The minimum atomic E-state index is -0.0556. The van der Waals surface area contributed by atoms with E-state index in [0.29, 0.717) is 0 Å². The molecule has 0 spiro atoms. The number of carbonyl (C=O) groups is 1. The van der Waals surface area contributed by atoms with E-state index in [2.05, 4.69) is 0 Å². The monoisotopic (exact) mass is 179 g/mol. The summed E-state index contributed by atoms with van der Waals surface area (Å²) < 4.78 is 0. The second kappa shape index (κ2) is 3.76. The van der Waals surface area contributed by atoms with Crippen molar-refractivity contribution in [3.05, 3.63) is 29.8 Å². The Morgan fingerprint density at radius 1 is 1.54 bits per heavy atom. The molecule has 1 rings (SSSR count). The van der Waals surface area contributed by atoms with E-state index >= 15 is 0 Å². The molecule has 0 amide bonds. The lowest BCUT2D eigenvalue weighted by atomic mass is 10.2. The molecule has 3 N–H and O–H groups in total. The van der Waals surface area contributed by atoms with Crippen LogP contribution < -0.4 is 0 Å². The highest BCUT2D eigenvalue weighted by molar-refractivity contribution is 5.91. The third-order valence-electron chi connectivity index (χ3n) is 1.53.